The van der Waals surface area contributed by atoms with Crippen molar-refractivity contribution in [1.29, 1.82) is 5.26 Å². The SMILES string of the molecule is CC1OCCC1SCCCCC#N. The fourth-order valence-electron chi connectivity index (χ4n) is 1.47. The third-order valence-electron chi connectivity index (χ3n) is 2.32. The summed E-state index contributed by atoms with van der Waals surface area (Å²) in [6, 6.07) is 2.17. The fourth-order valence-corrected chi connectivity index (χ4v) is 2.76. The first-order valence-electron chi connectivity index (χ1n) is 4.94. The summed E-state index contributed by atoms with van der Waals surface area (Å²) >= 11 is 2.01. The van der Waals surface area contributed by atoms with Crippen molar-refractivity contribution in [2.75, 3.05) is 12.4 Å². The molecule has 2 nitrogen and oxygen atoms in total. The first kappa shape index (κ1) is 10.9. The summed E-state index contributed by atoms with van der Waals surface area (Å²) in [6.45, 7) is 3.08. The molecule has 2 unspecified atom stereocenters. The van der Waals surface area contributed by atoms with E-state index in [0.29, 0.717) is 17.8 Å². The molecule has 1 rings (SSSR count). The van der Waals surface area contributed by atoms with Crippen LogP contribution in [0, 0.1) is 11.3 Å². The molecule has 2 atom stereocenters. The molecule has 0 aliphatic carbocycles. The minimum Gasteiger partial charge on any atom is -0.377 e. The van der Waals surface area contributed by atoms with Gasteiger partial charge in [0.2, 0.25) is 0 Å². The molecule has 13 heavy (non-hydrogen) atoms. The van der Waals surface area contributed by atoms with Gasteiger partial charge in [-0.05, 0) is 31.9 Å². The highest BCUT2D eigenvalue weighted by Gasteiger charge is 2.23. The lowest BCUT2D eigenvalue weighted by Gasteiger charge is -2.12. The number of hydrogen-bond acceptors (Lipinski definition) is 3. The number of nitrogens with zero attached hydrogens (tertiary/aromatic N) is 1. The molecule has 1 saturated heterocycles. The topological polar surface area (TPSA) is 33.0 Å². The fraction of sp³-hybridized carbons (Fsp3) is 0.900. The van der Waals surface area contributed by atoms with E-state index in [4.69, 9.17) is 10.00 Å². The summed E-state index contributed by atoms with van der Waals surface area (Å²) in [7, 11) is 0. The average Bonchev–Trinajstić information content (AvgIpc) is 2.52. The molecule has 0 aromatic carbocycles. The minimum absolute atomic E-state index is 0.431. The Morgan fingerprint density at radius 3 is 3.00 bits per heavy atom. The summed E-state index contributed by atoms with van der Waals surface area (Å²) in [5.41, 5.74) is 0. The molecule has 1 aliphatic heterocycles. The molecular weight excluding hydrogens is 182 g/mol. The summed E-state index contributed by atoms with van der Waals surface area (Å²) in [4.78, 5) is 0. The van der Waals surface area contributed by atoms with Crippen LogP contribution in [0.25, 0.3) is 0 Å². The molecular formula is C10H17NOS. The summed E-state index contributed by atoms with van der Waals surface area (Å²) in [5.74, 6) is 1.18. The monoisotopic (exact) mass is 199 g/mol. The molecule has 74 valence electrons. The summed E-state index contributed by atoms with van der Waals surface area (Å²) < 4.78 is 5.47. The van der Waals surface area contributed by atoms with Crippen LogP contribution in [-0.4, -0.2) is 23.7 Å². The summed E-state index contributed by atoms with van der Waals surface area (Å²) in [5, 5.41) is 9.04. The molecule has 0 aromatic heterocycles. The first-order chi connectivity index (χ1) is 6.34. The zero-order valence-corrected chi connectivity index (χ0v) is 8.98. The van der Waals surface area contributed by atoms with Crippen LogP contribution in [-0.2, 0) is 4.74 Å². The van der Waals surface area contributed by atoms with Crippen LogP contribution in [0.4, 0.5) is 0 Å². The number of thioether (sulfide) groups is 1. The molecule has 0 amide bonds. The van der Waals surface area contributed by atoms with E-state index in [1.54, 1.807) is 0 Å². The lowest BCUT2D eigenvalue weighted by molar-refractivity contribution is 0.127. The molecule has 0 N–H and O–H groups in total. The van der Waals surface area contributed by atoms with Crippen LogP contribution in [0.1, 0.15) is 32.6 Å². The van der Waals surface area contributed by atoms with Crippen LogP contribution in [0.2, 0.25) is 0 Å². The van der Waals surface area contributed by atoms with Crippen molar-refractivity contribution in [1.82, 2.24) is 0 Å². The van der Waals surface area contributed by atoms with E-state index >= 15 is 0 Å². The molecule has 1 heterocycles. The highest BCUT2D eigenvalue weighted by atomic mass is 32.2. The van der Waals surface area contributed by atoms with E-state index in [-0.39, 0.29) is 0 Å². The van der Waals surface area contributed by atoms with E-state index in [1.165, 1.54) is 18.6 Å². The van der Waals surface area contributed by atoms with Gasteiger partial charge in [-0.15, -0.1) is 0 Å². The van der Waals surface area contributed by atoms with Gasteiger partial charge in [-0.1, -0.05) is 0 Å². The number of hydrogen-bond donors (Lipinski definition) is 0. The van der Waals surface area contributed by atoms with Crippen molar-refractivity contribution < 1.29 is 4.74 Å². The Morgan fingerprint density at radius 1 is 1.54 bits per heavy atom. The van der Waals surface area contributed by atoms with Crippen molar-refractivity contribution in [3.63, 3.8) is 0 Å². The lowest BCUT2D eigenvalue weighted by atomic mass is 10.2. The number of nitriles is 1. The zero-order valence-electron chi connectivity index (χ0n) is 8.16. The largest absolute Gasteiger partial charge is 0.377 e. The second kappa shape index (κ2) is 6.28. The van der Waals surface area contributed by atoms with E-state index < -0.39 is 0 Å². The third kappa shape index (κ3) is 4.02. The standard InChI is InChI=1S/C10H17NOS/c1-9-10(5-7-12-9)13-8-4-2-3-6-11/h9-10H,2-5,7-8H2,1H3. The van der Waals surface area contributed by atoms with Crippen molar-refractivity contribution in [2.45, 2.75) is 44.0 Å². The molecule has 0 aromatic rings. The quantitative estimate of drug-likeness (QED) is 0.638. The minimum atomic E-state index is 0.431. The lowest BCUT2D eigenvalue weighted by Crippen LogP contribution is -2.13. The Morgan fingerprint density at radius 2 is 2.38 bits per heavy atom. The van der Waals surface area contributed by atoms with Crippen molar-refractivity contribution >= 4 is 11.8 Å². The highest BCUT2D eigenvalue weighted by Crippen LogP contribution is 2.26. The maximum Gasteiger partial charge on any atom is 0.0666 e. The zero-order chi connectivity index (χ0) is 9.52. The predicted octanol–water partition coefficient (Wildman–Crippen LogP) is 2.59. The Balaban J connectivity index is 1.96. The normalized spacial score (nSPS) is 27.4. The second-order valence-corrected chi connectivity index (χ2v) is 4.74. The van der Waals surface area contributed by atoms with Crippen molar-refractivity contribution in [2.24, 2.45) is 0 Å². The van der Waals surface area contributed by atoms with E-state index in [1.807, 2.05) is 11.8 Å². The van der Waals surface area contributed by atoms with Gasteiger partial charge in [0, 0.05) is 18.3 Å². The van der Waals surface area contributed by atoms with Crippen LogP contribution in [0.3, 0.4) is 0 Å². The molecule has 0 bridgehead atoms. The smallest absolute Gasteiger partial charge is 0.0666 e. The third-order valence-corrected chi connectivity index (χ3v) is 3.89. The Hall–Kier alpha value is -0.200. The van der Waals surface area contributed by atoms with Gasteiger partial charge in [0.1, 0.15) is 0 Å². The van der Waals surface area contributed by atoms with Gasteiger partial charge in [0.15, 0.2) is 0 Å². The van der Waals surface area contributed by atoms with E-state index in [9.17, 15) is 0 Å². The van der Waals surface area contributed by atoms with Crippen LogP contribution < -0.4 is 0 Å². The average molecular weight is 199 g/mol. The number of ether oxygens (including phenoxy) is 1. The van der Waals surface area contributed by atoms with E-state index in [0.717, 1.165) is 13.0 Å². The van der Waals surface area contributed by atoms with Crippen molar-refractivity contribution in [3.8, 4) is 6.07 Å². The number of rotatable bonds is 5. The van der Waals surface area contributed by atoms with Gasteiger partial charge < -0.3 is 4.74 Å². The van der Waals surface area contributed by atoms with Crippen LogP contribution in [0.5, 0.6) is 0 Å². The van der Waals surface area contributed by atoms with Gasteiger partial charge >= 0.3 is 0 Å². The van der Waals surface area contributed by atoms with Crippen molar-refractivity contribution in [3.05, 3.63) is 0 Å². The number of unbranched alkanes of at least 4 members (excludes halogenated alkanes) is 2. The first-order valence-corrected chi connectivity index (χ1v) is 5.99. The molecule has 1 fully saturated rings. The maximum atomic E-state index is 8.34. The summed E-state index contributed by atoms with van der Waals surface area (Å²) in [6.07, 6.45) is 4.55. The highest BCUT2D eigenvalue weighted by molar-refractivity contribution is 7.99. The van der Waals surface area contributed by atoms with E-state index in [2.05, 4.69) is 13.0 Å². The Kier molecular flexibility index (Phi) is 5.26. The Bertz CT molecular complexity index is 178. The van der Waals surface area contributed by atoms with Crippen LogP contribution >= 0.6 is 11.8 Å². The van der Waals surface area contributed by atoms with Gasteiger partial charge in [-0.3, -0.25) is 0 Å². The maximum absolute atomic E-state index is 8.34. The molecule has 0 saturated carbocycles. The van der Waals surface area contributed by atoms with Gasteiger partial charge in [0.25, 0.3) is 0 Å². The second-order valence-electron chi connectivity index (χ2n) is 3.39. The molecule has 3 heteroatoms. The van der Waals surface area contributed by atoms with Gasteiger partial charge in [-0.25, -0.2) is 0 Å². The molecule has 0 radical (unpaired) electrons. The Labute approximate surface area is 84.6 Å². The van der Waals surface area contributed by atoms with Gasteiger partial charge in [-0.2, -0.15) is 17.0 Å². The molecule has 0 spiro atoms. The molecule has 1 aliphatic rings. The predicted molar refractivity (Wildman–Crippen MR) is 55.7 cm³/mol. The van der Waals surface area contributed by atoms with Gasteiger partial charge in [0.05, 0.1) is 12.2 Å². The van der Waals surface area contributed by atoms with Crippen LogP contribution in [0.15, 0.2) is 0 Å².